The van der Waals surface area contributed by atoms with Crippen LogP contribution >= 0.6 is 0 Å². The summed E-state index contributed by atoms with van der Waals surface area (Å²) in [6.45, 7) is 11.6. The van der Waals surface area contributed by atoms with E-state index < -0.39 is 0 Å². The van der Waals surface area contributed by atoms with Crippen LogP contribution in [0, 0.1) is 20.8 Å². The van der Waals surface area contributed by atoms with Crippen LogP contribution < -0.4 is 10.2 Å². The Morgan fingerprint density at radius 3 is 2.59 bits per heavy atom. The molecular weight excluding hydrogens is 336 g/mol. The number of piperazine rings is 1. The van der Waals surface area contributed by atoms with Crippen LogP contribution in [0.2, 0.25) is 0 Å². The first-order chi connectivity index (χ1) is 13.0. The van der Waals surface area contributed by atoms with Crippen molar-refractivity contribution in [3.05, 3.63) is 58.9 Å². The van der Waals surface area contributed by atoms with E-state index in [0.29, 0.717) is 13.0 Å². The Bertz CT molecular complexity index is 782. The van der Waals surface area contributed by atoms with Gasteiger partial charge in [-0.15, -0.1) is 0 Å². The number of amides is 1. The van der Waals surface area contributed by atoms with Crippen molar-refractivity contribution in [2.24, 2.45) is 0 Å². The average molecular weight is 367 g/mol. The largest absolute Gasteiger partial charge is 0.369 e. The van der Waals surface area contributed by atoms with Gasteiger partial charge >= 0.3 is 0 Å². The van der Waals surface area contributed by atoms with Crippen LogP contribution in [0.15, 0.2) is 36.5 Å². The molecule has 2 aromatic rings. The van der Waals surface area contributed by atoms with E-state index in [1.54, 1.807) is 0 Å². The molecule has 144 valence electrons. The number of nitrogens with zero attached hydrogens (tertiary/aromatic N) is 3. The van der Waals surface area contributed by atoms with E-state index in [1.807, 2.05) is 13.1 Å². The molecule has 3 rings (SSSR count). The molecule has 5 heteroatoms. The molecule has 1 saturated heterocycles. The SMILES string of the molecule is Cc1cccc(N2CCN(CCC(=O)NCc3cnc(C)cc3C)CC2)c1. The molecule has 0 radical (unpaired) electrons. The Kier molecular flexibility index (Phi) is 6.45. The summed E-state index contributed by atoms with van der Waals surface area (Å²) in [6.07, 6.45) is 2.40. The van der Waals surface area contributed by atoms with E-state index in [0.717, 1.165) is 44.0 Å². The van der Waals surface area contributed by atoms with Gasteiger partial charge in [-0.1, -0.05) is 12.1 Å². The summed E-state index contributed by atoms with van der Waals surface area (Å²) in [7, 11) is 0. The summed E-state index contributed by atoms with van der Waals surface area (Å²) in [5.41, 5.74) is 5.86. The smallest absolute Gasteiger partial charge is 0.221 e. The summed E-state index contributed by atoms with van der Waals surface area (Å²) in [4.78, 5) is 21.3. The molecule has 1 aromatic heterocycles. The zero-order valence-corrected chi connectivity index (χ0v) is 16.7. The van der Waals surface area contributed by atoms with Crippen molar-refractivity contribution < 1.29 is 4.79 Å². The molecule has 1 N–H and O–H groups in total. The van der Waals surface area contributed by atoms with Gasteiger partial charge in [-0.3, -0.25) is 14.7 Å². The highest BCUT2D eigenvalue weighted by molar-refractivity contribution is 5.76. The normalized spacial score (nSPS) is 15.0. The Morgan fingerprint density at radius 1 is 1.11 bits per heavy atom. The maximum atomic E-state index is 12.2. The molecule has 5 nitrogen and oxygen atoms in total. The molecular formula is C22H30N4O. The Balaban J connectivity index is 1.39. The van der Waals surface area contributed by atoms with Crippen LogP contribution in [0.5, 0.6) is 0 Å². The minimum atomic E-state index is 0.107. The van der Waals surface area contributed by atoms with Crippen molar-refractivity contribution in [3.8, 4) is 0 Å². The van der Waals surface area contributed by atoms with E-state index in [-0.39, 0.29) is 5.91 Å². The Morgan fingerprint density at radius 2 is 1.89 bits per heavy atom. The summed E-state index contributed by atoms with van der Waals surface area (Å²) in [5.74, 6) is 0.107. The van der Waals surface area contributed by atoms with Crippen molar-refractivity contribution in [2.45, 2.75) is 33.7 Å². The zero-order chi connectivity index (χ0) is 19.2. The van der Waals surface area contributed by atoms with Gasteiger partial charge in [-0.05, 0) is 55.7 Å². The van der Waals surface area contributed by atoms with Crippen LogP contribution in [0.3, 0.4) is 0 Å². The summed E-state index contributed by atoms with van der Waals surface area (Å²) in [5, 5.41) is 3.02. The molecule has 1 aliphatic rings. The molecule has 1 amide bonds. The maximum Gasteiger partial charge on any atom is 0.221 e. The number of rotatable bonds is 6. The molecule has 0 saturated carbocycles. The van der Waals surface area contributed by atoms with E-state index in [9.17, 15) is 4.79 Å². The maximum absolute atomic E-state index is 12.2. The lowest BCUT2D eigenvalue weighted by Gasteiger charge is -2.36. The van der Waals surface area contributed by atoms with Crippen molar-refractivity contribution in [1.29, 1.82) is 0 Å². The minimum Gasteiger partial charge on any atom is -0.369 e. The first-order valence-electron chi connectivity index (χ1n) is 9.74. The first-order valence-corrected chi connectivity index (χ1v) is 9.74. The summed E-state index contributed by atoms with van der Waals surface area (Å²) >= 11 is 0. The fraction of sp³-hybridized carbons (Fsp3) is 0.455. The van der Waals surface area contributed by atoms with Gasteiger partial charge in [0.2, 0.25) is 5.91 Å². The second kappa shape index (κ2) is 9.00. The molecule has 0 aliphatic carbocycles. The van der Waals surface area contributed by atoms with Gasteiger partial charge in [0, 0.05) is 63.3 Å². The van der Waals surface area contributed by atoms with E-state index in [4.69, 9.17) is 0 Å². The number of benzene rings is 1. The highest BCUT2D eigenvalue weighted by Gasteiger charge is 2.17. The number of hydrogen-bond donors (Lipinski definition) is 1. The highest BCUT2D eigenvalue weighted by atomic mass is 16.1. The lowest BCUT2D eigenvalue weighted by molar-refractivity contribution is -0.121. The lowest BCUT2D eigenvalue weighted by Crippen LogP contribution is -2.47. The lowest BCUT2D eigenvalue weighted by atomic mass is 10.1. The third-order valence-electron chi connectivity index (χ3n) is 5.23. The number of carbonyl (C=O) groups is 1. The third kappa shape index (κ3) is 5.54. The molecule has 2 heterocycles. The predicted molar refractivity (Wildman–Crippen MR) is 110 cm³/mol. The van der Waals surface area contributed by atoms with Crippen LogP contribution in [0.25, 0.3) is 0 Å². The van der Waals surface area contributed by atoms with E-state index >= 15 is 0 Å². The number of hydrogen-bond acceptors (Lipinski definition) is 4. The standard InChI is InChI=1S/C22H30N4O/c1-17-5-4-6-21(13-17)26-11-9-25(10-12-26)8-7-22(27)24-16-20-15-23-19(3)14-18(20)2/h4-6,13-15H,7-12,16H2,1-3H3,(H,24,27). The van der Waals surface area contributed by atoms with Crippen molar-refractivity contribution in [2.75, 3.05) is 37.6 Å². The molecule has 1 aliphatic heterocycles. The van der Waals surface area contributed by atoms with E-state index in [1.165, 1.54) is 16.8 Å². The fourth-order valence-electron chi connectivity index (χ4n) is 3.51. The van der Waals surface area contributed by atoms with Crippen LogP contribution in [-0.4, -0.2) is 48.5 Å². The molecule has 27 heavy (non-hydrogen) atoms. The average Bonchev–Trinajstić information content (AvgIpc) is 2.66. The van der Waals surface area contributed by atoms with Gasteiger partial charge in [-0.25, -0.2) is 0 Å². The number of pyridine rings is 1. The van der Waals surface area contributed by atoms with Crippen molar-refractivity contribution >= 4 is 11.6 Å². The van der Waals surface area contributed by atoms with Crippen LogP contribution in [0.1, 0.15) is 28.8 Å². The van der Waals surface area contributed by atoms with Crippen molar-refractivity contribution in [3.63, 3.8) is 0 Å². The van der Waals surface area contributed by atoms with Gasteiger partial charge in [-0.2, -0.15) is 0 Å². The summed E-state index contributed by atoms with van der Waals surface area (Å²) < 4.78 is 0. The second-order valence-electron chi connectivity index (χ2n) is 7.45. The Labute approximate surface area is 162 Å². The fourth-order valence-corrected chi connectivity index (χ4v) is 3.51. The molecule has 0 spiro atoms. The molecule has 0 unspecified atom stereocenters. The third-order valence-corrected chi connectivity index (χ3v) is 5.23. The van der Waals surface area contributed by atoms with Crippen LogP contribution in [-0.2, 0) is 11.3 Å². The van der Waals surface area contributed by atoms with Gasteiger partial charge in [0.1, 0.15) is 0 Å². The minimum absolute atomic E-state index is 0.107. The second-order valence-corrected chi connectivity index (χ2v) is 7.45. The van der Waals surface area contributed by atoms with Gasteiger partial charge < -0.3 is 10.2 Å². The summed E-state index contributed by atoms with van der Waals surface area (Å²) in [6, 6.07) is 10.7. The number of carbonyl (C=O) groups excluding carboxylic acids is 1. The molecule has 1 fully saturated rings. The number of anilines is 1. The quantitative estimate of drug-likeness (QED) is 0.854. The highest BCUT2D eigenvalue weighted by Crippen LogP contribution is 2.17. The number of aryl methyl sites for hydroxylation is 3. The first kappa shape index (κ1) is 19.4. The van der Waals surface area contributed by atoms with Gasteiger partial charge in [0.05, 0.1) is 0 Å². The molecule has 0 atom stereocenters. The monoisotopic (exact) mass is 366 g/mol. The number of aromatic nitrogens is 1. The van der Waals surface area contributed by atoms with E-state index in [2.05, 4.69) is 64.3 Å². The van der Waals surface area contributed by atoms with Gasteiger partial charge in [0.25, 0.3) is 0 Å². The number of nitrogens with one attached hydrogen (secondary N) is 1. The topological polar surface area (TPSA) is 48.5 Å². The van der Waals surface area contributed by atoms with Crippen LogP contribution in [0.4, 0.5) is 5.69 Å². The van der Waals surface area contributed by atoms with Gasteiger partial charge in [0.15, 0.2) is 0 Å². The molecule has 0 bridgehead atoms. The predicted octanol–water partition coefficient (Wildman–Crippen LogP) is 2.84. The molecule has 1 aromatic carbocycles. The Hall–Kier alpha value is -2.40. The van der Waals surface area contributed by atoms with Crippen molar-refractivity contribution in [1.82, 2.24) is 15.2 Å². The zero-order valence-electron chi connectivity index (χ0n) is 16.7.